The van der Waals surface area contributed by atoms with E-state index < -0.39 is 21.8 Å². The van der Waals surface area contributed by atoms with Gasteiger partial charge in [-0.05, 0) is 74.7 Å². The average molecular weight is 496 g/mol. The van der Waals surface area contributed by atoms with Crippen LogP contribution in [0.2, 0.25) is 0 Å². The van der Waals surface area contributed by atoms with Crippen LogP contribution in [0.5, 0.6) is 0 Å². The molecule has 34 heavy (non-hydrogen) atoms. The first-order valence-electron chi connectivity index (χ1n) is 11.4. The summed E-state index contributed by atoms with van der Waals surface area (Å²) in [6.45, 7) is 5.03. The number of piperidine rings is 1. The molecule has 0 bridgehead atoms. The number of hydrogen-bond donors (Lipinski definition) is 1. The number of rotatable bonds is 7. The second kappa shape index (κ2) is 9.58. The van der Waals surface area contributed by atoms with Gasteiger partial charge >= 0.3 is 6.18 Å². The summed E-state index contributed by atoms with van der Waals surface area (Å²) in [5.74, 6) is -0.104. The van der Waals surface area contributed by atoms with Crippen molar-refractivity contribution in [2.75, 3.05) is 24.4 Å². The minimum Gasteiger partial charge on any atom is -0.333 e. The van der Waals surface area contributed by atoms with E-state index in [0.29, 0.717) is 5.56 Å². The van der Waals surface area contributed by atoms with E-state index in [1.54, 1.807) is 0 Å². The van der Waals surface area contributed by atoms with Crippen molar-refractivity contribution < 1.29 is 26.4 Å². The van der Waals surface area contributed by atoms with Crippen LogP contribution in [0, 0.1) is 0 Å². The van der Waals surface area contributed by atoms with Gasteiger partial charge in [-0.2, -0.15) is 13.2 Å². The maximum Gasteiger partial charge on any atom is 0.416 e. The predicted molar refractivity (Wildman–Crippen MR) is 123 cm³/mol. The molecule has 1 aliphatic carbocycles. The topological polar surface area (TPSA) is 69.7 Å². The summed E-state index contributed by atoms with van der Waals surface area (Å²) in [7, 11) is -4.12. The molecule has 2 aliphatic rings. The summed E-state index contributed by atoms with van der Waals surface area (Å²) >= 11 is 0. The molecule has 1 saturated carbocycles. The Balaban J connectivity index is 1.48. The van der Waals surface area contributed by atoms with Gasteiger partial charge in [-0.1, -0.05) is 13.0 Å². The number of likely N-dealkylation sites (tertiary alicyclic amines) is 1. The minimum absolute atomic E-state index is 0.104. The first kappa shape index (κ1) is 24.5. The third kappa shape index (κ3) is 5.55. The second-order valence-electron chi connectivity index (χ2n) is 8.82. The van der Waals surface area contributed by atoms with Crippen molar-refractivity contribution in [3.8, 4) is 0 Å². The molecule has 0 aromatic heterocycles. The molecule has 0 atom stereocenters. The molecule has 1 heterocycles. The van der Waals surface area contributed by atoms with Crippen LogP contribution < -0.4 is 4.72 Å². The van der Waals surface area contributed by atoms with E-state index in [-0.39, 0.29) is 28.6 Å². The Kier molecular flexibility index (Phi) is 6.91. The summed E-state index contributed by atoms with van der Waals surface area (Å²) in [5, 5.41) is 0. The molecule has 0 unspecified atom stereocenters. The molecule has 0 spiro atoms. The Bertz CT molecular complexity index is 1120. The number of carbonyl (C=O) groups excluding carboxylic acids is 1. The van der Waals surface area contributed by atoms with Gasteiger partial charge in [0.1, 0.15) is 0 Å². The summed E-state index contributed by atoms with van der Waals surface area (Å²) in [5.41, 5.74) is -0.727. The number of nitrogens with zero attached hydrogens (tertiary/aromatic N) is 2. The lowest BCUT2D eigenvalue weighted by molar-refractivity contribution is -0.137. The van der Waals surface area contributed by atoms with Crippen LogP contribution in [-0.4, -0.2) is 55.8 Å². The predicted octanol–water partition coefficient (Wildman–Crippen LogP) is 4.60. The SMILES string of the molecule is CCN1CCC(N(C(=O)c2ccc(S(=O)(=O)Nc3cccc(C(F)(F)F)c3)cc2)C2CC2)CC1. The van der Waals surface area contributed by atoms with Gasteiger partial charge in [-0.15, -0.1) is 0 Å². The quantitative estimate of drug-likeness (QED) is 0.610. The molecule has 2 aromatic rings. The Morgan fingerprint density at radius 2 is 1.65 bits per heavy atom. The lowest BCUT2D eigenvalue weighted by Gasteiger charge is -2.38. The highest BCUT2D eigenvalue weighted by Crippen LogP contribution is 2.34. The molecule has 2 fully saturated rings. The van der Waals surface area contributed by atoms with Crippen molar-refractivity contribution in [1.82, 2.24) is 9.80 Å². The lowest BCUT2D eigenvalue weighted by Crippen LogP contribution is -2.48. The first-order valence-corrected chi connectivity index (χ1v) is 12.9. The molecule has 0 radical (unpaired) electrons. The molecule has 1 saturated heterocycles. The highest BCUT2D eigenvalue weighted by atomic mass is 32.2. The fourth-order valence-corrected chi connectivity index (χ4v) is 5.44. The number of alkyl halides is 3. The van der Waals surface area contributed by atoms with Crippen molar-refractivity contribution in [1.29, 1.82) is 0 Å². The largest absolute Gasteiger partial charge is 0.416 e. The molecule has 6 nitrogen and oxygen atoms in total. The summed E-state index contributed by atoms with van der Waals surface area (Å²) < 4.78 is 66.4. The molecule has 10 heteroatoms. The lowest BCUT2D eigenvalue weighted by atomic mass is 10.0. The van der Waals surface area contributed by atoms with Crippen LogP contribution in [0.3, 0.4) is 0 Å². The molecule has 2 aromatic carbocycles. The normalized spacial score (nSPS) is 18.0. The maximum atomic E-state index is 13.3. The Morgan fingerprint density at radius 1 is 1.03 bits per heavy atom. The third-order valence-electron chi connectivity index (χ3n) is 6.43. The second-order valence-corrected chi connectivity index (χ2v) is 10.5. The number of halogens is 3. The van der Waals surface area contributed by atoms with Crippen molar-refractivity contribution in [2.24, 2.45) is 0 Å². The fourth-order valence-electron chi connectivity index (χ4n) is 4.40. The van der Waals surface area contributed by atoms with Gasteiger partial charge in [-0.3, -0.25) is 9.52 Å². The van der Waals surface area contributed by atoms with Gasteiger partial charge in [0.05, 0.1) is 10.5 Å². The van der Waals surface area contributed by atoms with Crippen molar-refractivity contribution in [3.63, 3.8) is 0 Å². The van der Waals surface area contributed by atoms with Crippen molar-refractivity contribution in [3.05, 3.63) is 59.7 Å². The van der Waals surface area contributed by atoms with Crippen LogP contribution in [0.15, 0.2) is 53.4 Å². The van der Waals surface area contributed by atoms with Crippen LogP contribution >= 0.6 is 0 Å². The van der Waals surface area contributed by atoms with E-state index in [1.165, 1.54) is 30.3 Å². The standard InChI is InChI=1S/C24H28F3N3O3S/c1-2-29-14-12-21(13-15-29)30(20-8-9-20)23(31)17-6-10-22(11-7-17)34(32,33)28-19-5-3-4-18(16-19)24(25,26)27/h3-7,10-11,16,20-21,28H,2,8-9,12-15H2,1H3. The van der Waals surface area contributed by atoms with Crippen LogP contribution in [0.4, 0.5) is 18.9 Å². The number of nitrogens with one attached hydrogen (secondary N) is 1. The van der Waals surface area contributed by atoms with E-state index in [4.69, 9.17) is 0 Å². The number of benzene rings is 2. The Hall–Kier alpha value is -2.59. The minimum atomic E-state index is -4.58. The number of carbonyl (C=O) groups is 1. The number of anilines is 1. The van der Waals surface area contributed by atoms with Crippen LogP contribution in [-0.2, 0) is 16.2 Å². The summed E-state index contributed by atoms with van der Waals surface area (Å²) in [6, 6.07) is 9.98. The van der Waals surface area contributed by atoms with E-state index in [2.05, 4.69) is 16.5 Å². The molecular weight excluding hydrogens is 467 g/mol. The molecule has 4 rings (SSSR count). The van der Waals surface area contributed by atoms with Gasteiger partial charge in [0, 0.05) is 36.4 Å². The van der Waals surface area contributed by atoms with Gasteiger partial charge < -0.3 is 9.80 Å². The highest BCUT2D eigenvalue weighted by molar-refractivity contribution is 7.92. The van der Waals surface area contributed by atoms with E-state index in [1.807, 2.05) is 4.90 Å². The molecule has 1 amide bonds. The average Bonchev–Trinajstić information content (AvgIpc) is 3.64. The van der Waals surface area contributed by atoms with Gasteiger partial charge in [0.2, 0.25) is 0 Å². The van der Waals surface area contributed by atoms with Gasteiger partial charge in [0.15, 0.2) is 0 Å². The zero-order chi connectivity index (χ0) is 24.5. The van der Waals surface area contributed by atoms with E-state index >= 15 is 0 Å². The monoisotopic (exact) mass is 495 g/mol. The maximum absolute atomic E-state index is 13.3. The number of amides is 1. The zero-order valence-electron chi connectivity index (χ0n) is 18.9. The number of sulfonamides is 1. The Labute approximate surface area is 197 Å². The van der Waals surface area contributed by atoms with Crippen molar-refractivity contribution >= 4 is 21.6 Å². The third-order valence-corrected chi connectivity index (χ3v) is 7.82. The Morgan fingerprint density at radius 3 is 2.21 bits per heavy atom. The summed E-state index contributed by atoms with van der Waals surface area (Å²) in [4.78, 5) is 17.5. The summed E-state index contributed by atoms with van der Waals surface area (Å²) in [6.07, 6.45) is -0.781. The molecule has 184 valence electrons. The van der Waals surface area contributed by atoms with Crippen molar-refractivity contribution in [2.45, 2.75) is 55.8 Å². The van der Waals surface area contributed by atoms with Gasteiger partial charge in [-0.25, -0.2) is 8.42 Å². The highest BCUT2D eigenvalue weighted by Gasteiger charge is 2.39. The van der Waals surface area contributed by atoms with Crippen LogP contribution in [0.1, 0.15) is 48.5 Å². The zero-order valence-corrected chi connectivity index (χ0v) is 19.7. The van der Waals surface area contributed by atoms with E-state index in [0.717, 1.165) is 63.5 Å². The molecular formula is C24H28F3N3O3S. The first-order chi connectivity index (χ1) is 16.1. The fraction of sp³-hybridized carbons (Fsp3) is 0.458. The smallest absolute Gasteiger partial charge is 0.333 e. The number of hydrogen-bond acceptors (Lipinski definition) is 4. The van der Waals surface area contributed by atoms with Crippen LogP contribution in [0.25, 0.3) is 0 Å². The molecule has 1 N–H and O–H groups in total. The molecule has 1 aliphatic heterocycles. The van der Waals surface area contributed by atoms with Gasteiger partial charge in [0.25, 0.3) is 15.9 Å². The van der Waals surface area contributed by atoms with E-state index in [9.17, 15) is 26.4 Å².